The van der Waals surface area contributed by atoms with Crippen molar-refractivity contribution in [2.45, 2.75) is 83.0 Å². The highest BCUT2D eigenvalue weighted by atomic mass is 19.1. The number of amides is 3. The van der Waals surface area contributed by atoms with Gasteiger partial charge in [-0.15, -0.1) is 0 Å². The molecule has 42 heavy (non-hydrogen) atoms. The average Bonchev–Trinajstić information content (AvgIpc) is 3.68. The summed E-state index contributed by atoms with van der Waals surface area (Å²) in [5.41, 5.74) is 0.242. The minimum absolute atomic E-state index is 0.00587. The van der Waals surface area contributed by atoms with Crippen molar-refractivity contribution < 1.29 is 28.2 Å². The standard InChI is InChI=1S/C31H40FN5O5/c1-31(2,3)42-30(40)35-14-11-23(12-15-35)37(22-8-9-22)28(38)21-17-33-27(34-18-21)20-7-10-25(26(32)16-20)29(39)36-13-5-6-24(36)19-41-4/h7,10,16-18,22-24H,5-6,8-9,11-15,19H2,1-4H3/t24-/m1/s1. The number of likely N-dealkylation sites (tertiary alicyclic amines) is 2. The van der Waals surface area contributed by atoms with Crippen molar-refractivity contribution >= 4 is 17.9 Å². The van der Waals surface area contributed by atoms with Gasteiger partial charge >= 0.3 is 6.09 Å². The number of piperidine rings is 1. The van der Waals surface area contributed by atoms with Crippen LogP contribution in [0.3, 0.4) is 0 Å². The highest BCUT2D eigenvalue weighted by Gasteiger charge is 2.40. The molecule has 0 N–H and O–H groups in total. The predicted molar refractivity (Wildman–Crippen MR) is 153 cm³/mol. The van der Waals surface area contributed by atoms with Gasteiger partial charge in [-0.05, 0) is 71.4 Å². The summed E-state index contributed by atoms with van der Waals surface area (Å²) in [6.45, 7) is 7.60. The molecule has 2 aliphatic heterocycles. The topological polar surface area (TPSA) is 105 Å². The lowest BCUT2D eigenvalue weighted by Gasteiger charge is -2.39. The highest BCUT2D eigenvalue weighted by molar-refractivity contribution is 5.96. The Labute approximate surface area is 246 Å². The molecular formula is C31H40FN5O5. The van der Waals surface area contributed by atoms with E-state index in [1.165, 1.54) is 24.5 Å². The quantitative estimate of drug-likeness (QED) is 0.473. The van der Waals surface area contributed by atoms with Crippen LogP contribution < -0.4 is 0 Å². The Balaban J connectivity index is 1.24. The van der Waals surface area contributed by atoms with Crippen LogP contribution in [-0.4, -0.2) is 99.7 Å². The monoisotopic (exact) mass is 581 g/mol. The average molecular weight is 582 g/mol. The number of methoxy groups -OCH3 is 1. The Kier molecular flexibility index (Phi) is 8.77. The van der Waals surface area contributed by atoms with Crippen LogP contribution in [0.5, 0.6) is 0 Å². The first-order valence-corrected chi connectivity index (χ1v) is 14.8. The molecule has 1 saturated carbocycles. The number of carbonyl (C=O) groups excluding carboxylic acids is 3. The van der Waals surface area contributed by atoms with Crippen molar-refractivity contribution in [1.82, 2.24) is 24.7 Å². The molecule has 2 saturated heterocycles. The summed E-state index contributed by atoms with van der Waals surface area (Å²) >= 11 is 0. The van der Waals surface area contributed by atoms with E-state index < -0.39 is 11.4 Å². The Hall–Kier alpha value is -3.60. The van der Waals surface area contributed by atoms with Crippen molar-refractivity contribution in [2.24, 2.45) is 0 Å². The molecule has 0 radical (unpaired) electrons. The van der Waals surface area contributed by atoms with Crippen molar-refractivity contribution in [3.8, 4) is 11.4 Å². The smallest absolute Gasteiger partial charge is 0.410 e. The zero-order valence-corrected chi connectivity index (χ0v) is 24.8. The second-order valence-corrected chi connectivity index (χ2v) is 12.4. The van der Waals surface area contributed by atoms with Gasteiger partial charge in [0.1, 0.15) is 11.4 Å². The van der Waals surface area contributed by atoms with Gasteiger partial charge in [-0.1, -0.05) is 6.07 Å². The van der Waals surface area contributed by atoms with Gasteiger partial charge in [-0.2, -0.15) is 0 Å². The lowest BCUT2D eigenvalue weighted by molar-refractivity contribution is 0.0142. The Bertz CT molecular complexity index is 1300. The minimum Gasteiger partial charge on any atom is -0.444 e. The van der Waals surface area contributed by atoms with E-state index in [0.29, 0.717) is 50.2 Å². The third-order valence-electron chi connectivity index (χ3n) is 8.04. The predicted octanol–water partition coefficient (Wildman–Crippen LogP) is 4.54. The molecule has 0 spiro atoms. The van der Waals surface area contributed by atoms with Crippen LogP contribution in [-0.2, 0) is 9.47 Å². The number of carbonyl (C=O) groups is 3. The minimum atomic E-state index is -0.637. The van der Waals surface area contributed by atoms with E-state index in [0.717, 1.165) is 25.7 Å². The van der Waals surface area contributed by atoms with E-state index in [9.17, 15) is 14.4 Å². The van der Waals surface area contributed by atoms with Crippen LogP contribution in [0.15, 0.2) is 30.6 Å². The molecule has 3 aliphatic rings. The lowest BCUT2D eigenvalue weighted by atomic mass is 10.0. The summed E-state index contributed by atoms with van der Waals surface area (Å²) < 4.78 is 25.8. The van der Waals surface area contributed by atoms with Crippen LogP contribution in [0.2, 0.25) is 0 Å². The molecule has 1 aromatic heterocycles. The summed E-state index contributed by atoms with van der Waals surface area (Å²) in [6.07, 6.45) is 7.58. The summed E-state index contributed by atoms with van der Waals surface area (Å²) in [5.74, 6) is -0.853. The first-order valence-electron chi connectivity index (χ1n) is 14.8. The van der Waals surface area contributed by atoms with Crippen LogP contribution in [0.1, 0.15) is 80.0 Å². The number of hydrogen-bond acceptors (Lipinski definition) is 7. The van der Waals surface area contributed by atoms with E-state index >= 15 is 4.39 Å². The molecule has 3 amide bonds. The third-order valence-corrected chi connectivity index (χ3v) is 8.04. The second-order valence-electron chi connectivity index (χ2n) is 12.4. The van der Waals surface area contributed by atoms with Crippen LogP contribution in [0, 0.1) is 5.82 Å². The SMILES string of the molecule is COC[C@H]1CCCN1C(=O)c1ccc(-c2ncc(C(=O)N(C3CC3)C3CCN(C(=O)OC(C)(C)C)CC3)cn2)cc1F. The first kappa shape index (κ1) is 29.9. The number of hydrogen-bond donors (Lipinski definition) is 0. The maximum atomic E-state index is 15.1. The van der Waals surface area contributed by atoms with Crippen molar-refractivity contribution in [3.05, 3.63) is 47.5 Å². The molecule has 3 heterocycles. The van der Waals surface area contributed by atoms with Crippen LogP contribution in [0.25, 0.3) is 11.4 Å². The summed E-state index contributed by atoms with van der Waals surface area (Å²) in [5, 5.41) is 0. The summed E-state index contributed by atoms with van der Waals surface area (Å²) in [4.78, 5) is 53.1. The second kappa shape index (κ2) is 12.3. The van der Waals surface area contributed by atoms with Crippen LogP contribution >= 0.6 is 0 Å². The van der Waals surface area contributed by atoms with Gasteiger partial charge in [0.15, 0.2) is 5.82 Å². The molecule has 10 nitrogen and oxygen atoms in total. The number of rotatable bonds is 7. The van der Waals surface area contributed by atoms with Crippen molar-refractivity contribution in [1.29, 1.82) is 0 Å². The number of ether oxygens (including phenoxy) is 2. The van der Waals surface area contributed by atoms with Gasteiger partial charge in [0, 0.05) is 56.8 Å². The van der Waals surface area contributed by atoms with Gasteiger partial charge < -0.3 is 24.2 Å². The molecule has 226 valence electrons. The fraction of sp³-hybridized carbons (Fsp3) is 0.581. The van der Waals surface area contributed by atoms with E-state index in [2.05, 4.69) is 9.97 Å². The Morgan fingerprint density at radius 3 is 2.26 bits per heavy atom. The molecule has 0 unspecified atom stereocenters. The first-order chi connectivity index (χ1) is 20.1. The van der Waals surface area contributed by atoms with Crippen molar-refractivity contribution in [2.75, 3.05) is 33.4 Å². The molecule has 0 bridgehead atoms. The van der Waals surface area contributed by atoms with Crippen molar-refractivity contribution in [3.63, 3.8) is 0 Å². The highest BCUT2D eigenvalue weighted by Crippen LogP contribution is 2.33. The van der Waals surface area contributed by atoms with E-state index in [1.54, 1.807) is 23.0 Å². The maximum Gasteiger partial charge on any atom is 0.410 e. The van der Waals surface area contributed by atoms with Gasteiger partial charge in [-0.25, -0.2) is 19.2 Å². The molecule has 1 aromatic carbocycles. The number of aromatic nitrogens is 2. The molecule has 1 atom stereocenters. The number of nitrogens with zero attached hydrogens (tertiary/aromatic N) is 5. The third kappa shape index (κ3) is 6.72. The molecule has 11 heteroatoms. The van der Waals surface area contributed by atoms with Gasteiger partial charge in [-0.3, -0.25) is 9.59 Å². The largest absolute Gasteiger partial charge is 0.444 e. The lowest BCUT2D eigenvalue weighted by Crippen LogP contribution is -2.50. The number of halogens is 1. The van der Waals surface area contributed by atoms with Gasteiger partial charge in [0.25, 0.3) is 11.8 Å². The Morgan fingerprint density at radius 2 is 1.67 bits per heavy atom. The van der Waals surface area contributed by atoms with Gasteiger partial charge in [0.2, 0.25) is 0 Å². The fourth-order valence-corrected chi connectivity index (χ4v) is 5.82. The van der Waals surface area contributed by atoms with Crippen LogP contribution in [0.4, 0.5) is 9.18 Å². The van der Waals surface area contributed by atoms with E-state index in [1.807, 2.05) is 25.7 Å². The maximum absolute atomic E-state index is 15.1. The molecule has 1 aliphatic carbocycles. The van der Waals surface area contributed by atoms with E-state index in [4.69, 9.17) is 9.47 Å². The summed E-state index contributed by atoms with van der Waals surface area (Å²) in [6, 6.07) is 4.50. The zero-order chi connectivity index (χ0) is 30.0. The zero-order valence-electron chi connectivity index (χ0n) is 24.8. The molecule has 5 rings (SSSR count). The molecule has 2 aromatic rings. The molecular weight excluding hydrogens is 541 g/mol. The summed E-state index contributed by atoms with van der Waals surface area (Å²) in [7, 11) is 1.59. The Morgan fingerprint density at radius 1 is 1.00 bits per heavy atom. The van der Waals surface area contributed by atoms with Gasteiger partial charge in [0.05, 0.1) is 23.8 Å². The van der Waals surface area contributed by atoms with E-state index in [-0.39, 0.29) is 47.4 Å². The molecule has 3 fully saturated rings. The fourth-order valence-electron chi connectivity index (χ4n) is 5.82. The number of benzene rings is 1. The normalized spacial score (nSPS) is 19.6.